The van der Waals surface area contributed by atoms with Crippen LogP contribution in [0.5, 0.6) is 5.75 Å². The molecule has 0 unspecified atom stereocenters. The average Bonchev–Trinajstić information content (AvgIpc) is 2.24. The summed E-state index contributed by atoms with van der Waals surface area (Å²) in [7, 11) is 0. The summed E-state index contributed by atoms with van der Waals surface area (Å²) >= 11 is 0. The first kappa shape index (κ1) is 14.4. The highest BCUT2D eigenvalue weighted by Crippen LogP contribution is 2.22. The summed E-state index contributed by atoms with van der Waals surface area (Å²) in [5.74, 6) is -1.62. The first-order chi connectivity index (χ1) is 7.56. The van der Waals surface area contributed by atoms with Crippen LogP contribution in [0.15, 0.2) is 12.1 Å². The number of rotatable bonds is 3. The van der Waals surface area contributed by atoms with E-state index in [-0.39, 0.29) is 5.56 Å². The lowest BCUT2D eigenvalue weighted by molar-refractivity contribution is 0.0691. The summed E-state index contributed by atoms with van der Waals surface area (Å²) in [5, 5.41) is 8.65. The Hall–Kier alpha value is -1.58. The smallest absolute Gasteiger partial charge is 0.338 e. The van der Waals surface area contributed by atoms with Gasteiger partial charge in [-0.2, -0.15) is 0 Å². The first-order valence-corrected chi connectivity index (χ1v) is 5.22. The maximum absolute atomic E-state index is 13.1. The molecular weight excluding hydrogens is 211 g/mol. The van der Waals surface area contributed by atoms with Gasteiger partial charge < -0.3 is 9.84 Å². The van der Waals surface area contributed by atoms with Gasteiger partial charge in [-0.3, -0.25) is 0 Å². The maximum Gasteiger partial charge on any atom is 0.338 e. The minimum Gasteiger partial charge on any atom is -0.494 e. The van der Waals surface area contributed by atoms with Gasteiger partial charge in [-0.25, -0.2) is 9.18 Å². The number of hydrogen-bond acceptors (Lipinski definition) is 2. The fourth-order valence-electron chi connectivity index (χ4n) is 1.13. The van der Waals surface area contributed by atoms with Gasteiger partial charge in [0.1, 0.15) is 11.6 Å². The van der Waals surface area contributed by atoms with Crippen LogP contribution in [0.1, 0.15) is 36.7 Å². The SMILES string of the molecule is CC.CCOc1cc(C(=O)O)c(F)cc1C. The summed E-state index contributed by atoms with van der Waals surface area (Å²) in [5.41, 5.74) is 0.230. The first-order valence-electron chi connectivity index (χ1n) is 5.22. The third kappa shape index (κ3) is 3.53. The van der Waals surface area contributed by atoms with Gasteiger partial charge in [0.05, 0.1) is 12.2 Å². The number of benzene rings is 1. The molecule has 0 aliphatic carbocycles. The van der Waals surface area contributed by atoms with Gasteiger partial charge in [0, 0.05) is 0 Å². The van der Waals surface area contributed by atoms with Crippen LogP contribution in [0.4, 0.5) is 4.39 Å². The Morgan fingerprint density at radius 2 is 2.00 bits per heavy atom. The van der Waals surface area contributed by atoms with Crippen molar-refractivity contribution in [2.24, 2.45) is 0 Å². The minimum atomic E-state index is -1.29. The highest BCUT2D eigenvalue weighted by atomic mass is 19.1. The lowest BCUT2D eigenvalue weighted by atomic mass is 10.1. The van der Waals surface area contributed by atoms with Crippen LogP contribution < -0.4 is 4.74 Å². The van der Waals surface area contributed by atoms with Crippen LogP contribution in [0.25, 0.3) is 0 Å². The van der Waals surface area contributed by atoms with Crippen molar-refractivity contribution < 1.29 is 19.0 Å². The molecule has 4 heteroatoms. The van der Waals surface area contributed by atoms with Gasteiger partial charge in [0.25, 0.3) is 0 Å². The van der Waals surface area contributed by atoms with Crippen molar-refractivity contribution in [3.63, 3.8) is 0 Å². The van der Waals surface area contributed by atoms with Crippen LogP contribution in [0.3, 0.4) is 0 Å². The molecule has 16 heavy (non-hydrogen) atoms. The average molecular weight is 228 g/mol. The van der Waals surface area contributed by atoms with E-state index in [2.05, 4.69) is 0 Å². The van der Waals surface area contributed by atoms with Crippen LogP contribution in [-0.4, -0.2) is 17.7 Å². The quantitative estimate of drug-likeness (QED) is 0.863. The Balaban J connectivity index is 0.00000106. The lowest BCUT2D eigenvalue weighted by Gasteiger charge is -2.08. The normalized spacial score (nSPS) is 9.06. The molecule has 0 spiro atoms. The third-order valence-corrected chi connectivity index (χ3v) is 1.79. The molecule has 0 heterocycles. The van der Waals surface area contributed by atoms with E-state index < -0.39 is 11.8 Å². The minimum absolute atomic E-state index is 0.362. The molecule has 1 N–H and O–H groups in total. The number of carbonyl (C=O) groups is 1. The summed E-state index contributed by atoms with van der Waals surface area (Å²) in [6, 6.07) is 2.37. The Morgan fingerprint density at radius 1 is 1.44 bits per heavy atom. The van der Waals surface area contributed by atoms with Crippen molar-refractivity contribution in [3.05, 3.63) is 29.1 Å². The fourth-order valence-corrected chi connectivity index (χ4v) is 1.13. The number of carboxylic acids is 1. The highest BCUT2D eigenvalue weighted by Gasteiger charge is 2.13. The number of aryl methyl sites for hydroxylation is 1. The van der Waals surface area contributed by atoms with Crippen LogP contribution in [0, 0.1) is 12.7 Å². The van der Waals surface area contributed by atoms with Gasteiger partial charge in [-0.1, -0.05) is 13.8 Å². The maximum atomic E-state index is 13.1. The monoisotopic (exact) mass is 228 g/mol. The molecule has 0 saturated heterocycles. The Bertz CT molecular complexity index is 362. The van der Waals surface area contributed by atoms with E-state index in [1.54, 1.807) is 13.8 Å². The van der Waals surface area contributed by atoms with Crippen molar-refractivity contribution in [3.8, 4) is 5.75 Å². The Kier molecular flexibility index (Phi) is 6.15. The molecular formula is C12H17FO3. The van der Waals surface area contributed by atoms with Crippen molar-refractivity contribution in [2.45, 2.75) is 27.7 Å². The summed E-state index contributed by atoms with van der Waals surface area (Å²) in [6.45, 7) is 7.87. The number of carboxylic acid groups (broad SMARTS) is 1. The molecule has 1 aromatic rings. The molecule has 90 valence electrons. The predicted molar refractivity (Wildman–Crippen MR) is 60.6 cm³/mol. The van der Waals surface area contributed by atoms with E-state index in [1.807, 2.05) is 13.8 Å². The largest absolute Gasteiger partial charge is 0.494 e. The molecule has 1 aromatic carbocycles. The molecule has 0 aromatic heterocycles. The van der Waals surface area contributed by atoms with Crippen molar-refractivity contribution in [2.75, 3.05) is 6.61 Å². The summed E-state index contributed by atoms with van der Waals surface area (Å²) in [6.07, 6.45) is 0. The number of ether oxygens (including phenoxy) is 1. The van der Waals surface area contributed by atoms with Crippen molar-refractivity contribution >= 4 is 5.97 Å². The van der Waals surface area contributed by atoms with Gasteiger partial charge in [-0.15, -0.1) is 0 Å². The summed E-state index contributed by atoms with van der Waals surface area (Å²) < 4.78 is 18.2. The van der Waals surface area contributed by atoms with Crippen LogP contribution in [0.2, 0.25) is 0 Å². The van der Waals surface area contributed by atoms with E-state index in [1.165, 1.54) is 6.07 Å². The molecule has 1 rings (SSSR count). The van der Waals surface area contributed by atoms with Crippen molar-refractivity contribution in [1.82, 2.24) is 0 Å². The van der Waals surface area contributed by atoms with E-state index in [0.717, 1.165) is 6.07 Å². The predicted octanol–water partition coefficient (Wildman–Crippen LogP) is 3.26. The second-order valence-electron chi connectivity index (χ2n) is 2.84. The van der Waals surface area contributed by atoms with Crippen LogP contribution in [-0.2, 0) is 0 Å². The molecule has 0 fully saturated rings. The Morgan fingerprint density at radius 3 is 2.44 bits per heavy atom. The van der Waals surface area contributed by atoms with Crippen molar-refractivity contribution in [1.29, 1.82) is 0 Å². The zero-order chi connectivity index (χ0) is 12.7. The van der Waals surface area contributed by atoms with E-state index in [0.29, 0.717) is 17.9 Å². The Labute approximate surface area is 94.9 Å². The third-order valence-electron chi connectivity index (χ3n) is 1.79. The van der Waals surface area contributed by atoms with Gasteiger partial charge in [0.15, 0.2) is 0 Å². The van der Waals surface area contributed by atoms with Gasteiger partial charge >= 0.3 is 5.97 Å². The highest BCUT2D eigenvalue weighted by molar-refractivity contribution is 5.88. The molecule has 0 amide bonds. The second-order valence-corrected chi connectivity index (χ2v) is 2.84. The molecule has 3 nitrogen and oxygen atoms in total. The van der Waals surface area contributed by atoms with E-state index in [4.69, 9.17) is 9.84 Å². The molecule has 0 saturated carbocycles. The molecule has 0 radical (unpaired) electrons. The van der Waals surface area contributed by atoms with E-state index >= 15 is 0 Å². The van der Waals surface area contributed by atoms with Gasteiger partial charge in [0.2, 0.25) is 0 Å². The van der Waals surface area contributed by atoms with Crippen LogP contribution >= 0.6 is 0 Å². The molecule has 0 atom stereocenters. The van der Waals surface area contributed by atoms with E-state index in [9.17, 15) is 9.18 Å². The zero-order valence-corrected chi connectivity index (χ0v) is 10.0. The number of hydrogen-bond donors (Lipinski definition) is 1. The number of halogens is 1. The molecule has 0 bridgehead atoms. The molecule has 0 aliphatic rings. The number of aromatic carboxylic acids is 1. The zero-order valence-electron chi connectivity index (χ0n) is 10.0. The fraction of sp³-hybridized carbons (Fsp3) is 0.417. The summed E-state index contributed by atoms with van der Waals surface area (Å²) in [4.78, 5) is 10.6. The second kappa shape index (κ2) is 6.82. The topological polar surface area (TPSA) is 46.5 Å². The molecule has 0 aliphatic heterocycles. The van der Waals surface area contributed by atoms with Gasteiger partial charge in [-0.05, 0) is 31.5 Å². The standard InChI is InChI=1S/C10H11FO3.C2H6/c1-3-14-9-5-7(10(12)13)8(11)4-6(9)2;1-2/h4-5H,3H2,1-2H3,(H,12,13);1-2H3. The lowest BCUT2D eigenvalue weighted by Crippen LogP contribution is -2.03.